The fourth-order valence-corrected chi connectivity index (χ4v) is 2.64. The number of carbonyl (C=O) groups excluding carboxylic acids is 1. The molecule has 1 aromatic carbocycles. The molecule has 0 radical (unpaired) electrons. The molecule has 1 heterocycles. The van der Waals surface area contributed by atoms with Crippen molar-refractivity contribution in [3.05, 3.63) is 35.9 Å². The van der Waals surface area contributed by atoms with Crippen LogP contribution in [0, 0.1) is 5.92 Å². The number of hydrogen-bond acceptors (Lipinski definition) is 3. The Morgan fingerprint density at radius 2 is 2.10 bits per heavy atom. The number of carboxylic acid groups (broad SMARTS) is 1. The van der Waals surface area contributed by atoms with Gasteiger partial charge in [-0.15, -0.1) is 0 Å². The van der Waals surface area contributed by atoms with Crippen LogP contribution in [0.4, 0.5) is 0 Å². The zero-order chi connectivity index (χ0) is 15.2. The first-order valence-electron chi connectivity index (χ1n) is 7.33. The molecule has 0 aliphatic carbocycles. The molecule has 0 bridgehead atoms. The van der Waals surface area contributed by atoms with Gasteiger partial charge in [0.25, 0.3) is 0 Å². The zero-order valence-electron chi connectivity index (χ0n) is 12.1. The number of nitrogens with one attached hydrogen (secondary N) is 1. The molecular weight excluding hydrogens is 270 g/mol. The molecular formula is C16H21NO4. The van der Waals surface area contributed by atoms with E-state index in [1.54, 1.807) is 6.92 Å². The molecule has 0 saturated carbocycles. The van der Waals surface area contributed by atoms with Crippen LogP contribution in [0.25, 0.3) is 0 Å². The van der Waals surface area contributed by atoms with Gasteiger partial charge < -0.3 is 15.2 Å². The first-order valence-corrected chi connectivity index (χ1v) is 7.33. The van der Waals surface area contributed by atoms with Gasteiger partial charge in [0.05, 0.1) is 12.0 Å². The number of ether oxygens (including phenoxy) is 1. The van der Waals surface area contributed by atoms with Crippen molar-refractivity contribution in [2.75, 3.05) is 6.61 Å². The summed E-state index contributed by atoms with van der Waals surface area (Å²) in [6.07, 6.45) is 1.59. The van der Waals surface area contributed by atoms with E-state index in [2.05, 4.69) is 5.32 Å². The molecule has 1 saturated heterocycles. The number of hydrogen-bond donors (Lipinski definition) is 2. The normalized spacial score (nSPS) is 23.3. The highest BCUT2D eigenvalue weighted by atomic mass is 16.5. The van der Waals surface area contributed by atoms with E-state index in [1.807, 2.05) is 30.3 Å². The van der Waals surface area contributed by atoms with E-state index < -0.39 is 12.0 Å². The Balaban J connectivity index is 2.11. The number of amides is 1. The predicted molar refractivity (Wildman–Crippen MR) is 77.7 cm³/mol. The van der Waals surface area contributed by atoms with Crippen LogP contribution in [0.15, 0.2) is 30.3 Å². The molecule has 1 amide bonds. The van der Waals surface area contributed by atoms with E-state index in [4.69, 9.17) is 9.84 Å². The first-order chi connectivity index (χ1) is 10.1. The summed E-state index contributed by atoms with van der Waals surface area (Å²) in [7, 11) is 0. The third-order valence-corrected chi connectivity index (χ3v) is 3.81. The SMILES string of the molecule is CC[C@@H](NC(=O)C1CCCOC1c1ccccc1)C(=O)O. The monoisotopic (exact) mass is 291 g/mol. The highest BCUT2D eigenvalue weighted by Crippen LogP contribution is 2.33. The number of aliphatic carboxylic acids is 1. The van der Waals surface area contributed by atoms with Crippen molar-refractivity contribution in [1.82, 2.24) is 5.32 Å². The molecule has 1 fully saturated rings. The van der Waals surface area contributed by atoms with Crippen LogP contribution < -0.4 is 5.32 Å². The fraction of sp³-hybridized carbons (Fsp3) is 0.500. The van der Waals surface area contributed by atoms with Gasteiger partial charge in [-0.1, -0.05) is 37.3 Å². The van der Waals surface area contributed by atoms with Crippen LogP contribution in [-0.4, -0.2) is 29.6 Å². The lowest BCUT2D eigenvalue weighted by Crippen LogP contribution is -2.45. The topological polar surface area (TPSA) is 75.6 Å². The number of rotatable bonds is 5. The molecule has 1 aliphatic rings. The van der Waals surface area contributed by atoms with E-state index >= 15 is 0 Å². The van der Waals surface area contributed by atoms with Crippen LogP contribution >= 0.6 is 0 Å². The van der Waals surface area contributed by atoms with Gasteiger partial charge in [0.15, 0.2) is 0 Å². The van der Waals surface area contributed by atoms with Crippen molar-refractivity contribution >= 4 is 11.9 Å². The quantitative estimate of drug-likeness (QED) is 0.871. The average molecular weight is 291 g/mol. The minimum absolute atomic E-state index is 0.238. The van der Waals surface area contributed by atoms with Crippen LogP contribution in [0.5, 0.6) is 0 Å². The Labute approximate surface area is 124 Å². The van der Waals surface area contributed by atoms with Gasteiger partial charge in [0.1, 0.15) is 6.04 Å². The summed E-state index contributed by atoms with van der Waals surface area (Å²) in [5.74, 6) is -1.58. The molecule has 0 spiro atoms. The van der Waals surface area contributed by atoms with E-state index in [1.165, 1.54) is 0 Å². The van der Waals surface area contributed by atoms with Gasteiger partial charge in [-0.2, -0.15) is 0 Å². The molecule has 1 aliphatic heterocycles. The van der Waals surface area contributed by atoms with Gasteiger partial charge in [-0.3, -0.25) is 4.79 Å². The van der Waals surface area contributed by atoms with Gasteiger partial charge in [-0.05, 0) is 24.8 Å². The van der Waals surface area contributed by atoms with Crippen molar-refractivity contribution < 1.29 is 19.4 Å². The molecule has 1 aromatic rings. The summed E-state index contributed by atoms with van der Waals surface area (Å²) < 4.78 is 5.77. The van der Waals surface area contributed by atoms with Crippen molar-refractivity contribution in [2.45, 2.75) is 38.3 Å². The van der Waals surface area contributed by atoms with Gasteiger partial charge in [-0.25, -0.2) is 4.79 Å². The minimum Gasteiger partial charge on any atom is -0.480 e. The summed E-state index contributed by atoms with van der Waals surface area (Å²) >= 11 is 0. The third kappa shape index (κ3) is 3.82. The molecule has 0 aromatic heterocycles. The Kier molecular flexibility index (Phi) is 5.33. The Bertz CT molecular complexity index is 488. The summed E-state index contributed by atoms with van der Waals surface area (Å²) in [6.45, 7) is 2.37. The minimum atomic E-state index is -1.00. The predicted octanol–water partition coefficient (Wildman–Crippen LogP) is 2.13. The highest BCUT2D eigenvalue weighted by Gasteiger charge is 2.34. The molecule has 5 nitrogen and oxygen atoms in total. The lowest BCUT2D eigenvalue weighted by atomic mass is 9.88. The lowest BCUT2D eigenvalue weighted by molar-refractivity contribution is -0.145. The molecule has 3 atom stereocenters. The molecule has 2 N–H and O–H groups in total. The Hall–Kier alpha value is -1.88. The van der Waals surface area contributed by atoms with Crippen molar-refractivity contribution in [3.63, 3.8) is 0 Å². The molecule has 114 valence electrons. The second kappa shape index (κ2) is 7.22. The van der Waals surface area contributed by atoms with Gasteiger partial charge in [0, 0.05) is 6.61 Å². The first kappa shape index (κ1) is 15.5. The van der Waals surface area contributed by atoms with E-state index in [0.29, 0.717) is 19.4 Å². The number of carboxylic acids is 1. The van der Waals surface area contributed by atoms with E-state index in [-0.39, 0.29) is 17.9 Å². The van der Waals surface area contributed by atoms with Gasteiger partial charge >= 0.3 is 5.97 Å². The summed E-state index contributed by atoms with van der Waals surface area (Å²) in [4.78, 5) is 23.5. The maximum Gasteiger partial charge on any atom is 0.326 e. The summed E-state index contributed by atoms with van der Waals surface area (Å²) in [5, 5.41) is 11.7. The largest absolute Gasteiger partial charge is 0.480 e. The summed E-state index contributed by atoms with van der Waals surface area (Å²) in [5.41, 5.74) is 0.959. The second-order valence-corrected chi connectivity index (χ2v) is 5.26. The van der Waals surface area contributed by atoms with Crippen molar-refractivity contribution in [2.24, 2.45) is 5.92 Å². The number of benzene rings is 1. The van der Waals surface area contributed by atoms with E-state index in [9.17, 15) is 9.59 Å². The van der Waals surface area contributed by atoms with E-state index in [0.717, 1.165) is 12.0 Å². The summed E-state index contributed by atoms with van der Waals surface area (Å²) in [6, 6.07) is 8.77. The van der Waals surface area contributed by atoms with Crippen LogP contribution in [0.1, 0.15) is 37.9 Å². The highest BCUT2D eigenvalue weighted by molar-refractivity contribution is 5.85. The average Bonchev–Trinajstić information content (AvgIpc) is 2.53. The maximum atomic E-state index is 12.4. The van der Waals surface area contributed by atoms with Crippen LogP contribution in [-0.2, 0) is 14.3 Å². The zero-order valence-corrected chi connectivity index (χ0v) is 12.1. The van der Waals surface area contributed by atoms with Crippen LogP contribution in [0.2, 0.25) is 0 Å². The maximum absolute atomic E-state index is 12.4. The smallest absolute Gasteiger partial charge is 0.326 e. The third-order valence-electron chi connectivity index (χ3n) is 3.81. The Morgan fingerprint density at radius 1 is 1.38 bits per heavy atom. The number of carbonyl (C=O) groups is 2. The Morgan fingerprint density at radius 3 is 2.71 bits per heavy atom. The standard InChI is InChI=1S/C16H21NO4/c1-2-13(16(19)20)17-15(18)12-9-6-10-21-14(12)11-7-4-3-5-8-11/h3-5,7-8,12-14H,2,6,9-10H2,1H3,(H,17,18)(H,19,20)/t12?,13-,14?/m1/s1. The molecule has 2 unspecified atom stereocenters. The fourth-order valence-electron chi connectivity index (χ4n) is 2.64. The van der Waals surface area contributed by atoms with Gasteiger partial charge in [0.2, 0.25) is 5.91 Å². The molecule has 2 rings (SSSR count). The van der Waals surface area contributed by atoms with Crippen molar-refractivity contribution in [3.8, 4) is 0 Å². The lowest BCUT2D eigenvalue weighted by Gasteiger charge is -2.31. The van der Waals surface area contributed by atoms with Crippen LogP contribution in [0.3, 0.4) is 0 Å². The second-order valence-electron chi connectivity index (χ2n) is 5.26. The van der Waals surface area contributed by atoms with Crippen molar-refractivity contribution in [1.29, 1.82) is 0 Å². The molecule has 5 heteroatoms. The molecule has 21 heavy (non-hydrogen) atoms.